The minimum Gasteiger partial charge on any atom is -0.388 e. The molecule has 1 aliphatic heterocycles. The molecule has 0 aliphatic carbocycles. The molecule has 0 spiro atoms. The van der Waals surface area contributed by atoms with Gasteiger partial charge in [-0.1, -0.05) is 30.3 Å². The van der Waals surface area contributed by atoms with Gasteiger partial charge in [-0.05, 0) is 66.7 Å². The summed E-state index contributed by atoms with van der Waals surface area (Å²) in [6.07, 6.45) is 10.2. The number of hydrogen-bond donors (Lipinski definition) is 1. The van der Waals surface area contributed by atoms with Gasteiger partial charge in [-0.25, -0.2) is 4.98 Å². The lowest BCUT2D eigenvalue weighted by molar-refractivity contribution is 0.0903. The van der Waals surface area contributed by atoms with Gasteiger partial charge in [0.1, 0.15) is 12.3 Å². The van der Waals surface area contributed by atoms with Gasteiger partial charge in [-0.2, -0.15) is 0 Å². The Morgan fingerprint density at radius 1 is 1.00 bits per heavy atom. The number of aliphatic hydroxyl groups excluding tert-OH is 1. The van der Waals surface area contributed by atoms with Crippen molar-refractivity contribution in [3.63, 3.8) is 0 Å². The van der Waals surface area contributed by atoms with Crippen LogP contribution in [-0.4, -0.2) is 50.0 Å². The summed E-state index contributed by atoms with van der Waals surface area (Å²) in [6, 6.07) is 16.0. The van der Waals surface area contributed by atoms with Crippen molar-refractivity contribution in [1.82, 2.24) is 19.4 Å². The van der Waals surface area contributed by atoms with Crippen LogP contribution in [0.25, 0.3) is 11.0 Å². The Balaban J connectivity index is 1.23. The zero-order chi connectivity index (χ0) is 22.6. The first-order valence-electron chi connectivity index (χ1n) is 11.5. The average Bonchev–Trinajstić information content (AvgIpc) is 3.27. The van der Waals surface area contributed by atoms with Gasteiger partial charge in [0, 0.05) is 48.8 Å². The topological polar surface area (TPSA) is 71.2 Å². The number of hydrogen-bond acceptors (Lipinski definition) is 5. The summed E-state index contributed by atoms with van der Waals surface area (Å²) in [7, 11) is 0. The lowest BCUT2D eigenvalue weighted by Gasteiger charge is -2.32. The Kier molecular flexibility index (Phi) is 6.28. The summed E-state index contributed by atoms with van der Waals surface area (Å²) in [6.45, 7) is 3.38. The van der Waals surface area contributed by atoms with Gasteiger partial charge in [-0.3, -0.25) is 14.7 Å². The fourth-order valence-electron chi connectivity index (χ4n) is 4.70. The Morgan fingerprint density at radius 3 is 2.55 bits per heavy atom. The number of nitrogens with zero attached hydrogens (tertiary/aromatic N) is 4. The van der Waals surface area contributed by atoms with E-state index in [4.69, 9.17) is 10.1 Å². The largest absolute Gasteiger partial charge is 0.388 e. The van der Waals surface area contributed by atoms with Crippen LogP contribution in [-0.2, 0) is 13.1 Å². The quantitative estimate of drug-likeness (QED) is 0.439. The van der Waals surface area contributed by atoms with Crippen molar-refractivity contribution >= 4 is 16.8 Å². The van der Waals surface area contributed by atoms with E-state index < -0.39 is 6.61 Å². The van der Waals surface area contributed by atoms with E-state index >= 15 is 0 Å². The summed E-state index contributed by atoms with van der Waals surface area (Å²) in [5.41, 5.74) is 5.20. The van der Waals surface area contributed by atoms with Crippen molar-refractivity contribution in [3.8, 4) is 0 Å². The van der Waals surface area contributed by atoms with Crippen LogP contribution < -0.4 is 0 Å². The highest BCUT2D eigenvalue weighted by Gasteiger charge is 2.21. The number of carbonyl (C=O) groups excluding carboxylic acids is 1. The number of aromatic nitrogens is 3. The fraction of sp³-hybridized carbons (Fsp3) is 0.296. The minimum absolute atomic E-state index is 0.259. The molecule has 168 valence electrons. The van der Waals surface area contributed by atoms with Gasteiger partial charge < -0.3 is 9.67 Å². The molecular formula is C27H28N4O2. The molecule has 1 saturated heterocycles. The molecule has 1 fully saturated rings. The Hall–Kier alpha value is -3.35. The number of aliphatic hydroxyl groups is 1. The number of carbonyl (C=O) groups is 1. The van der Waals surface area contributed by atoms with E-state index in [2.05, 4.69) is 38.8 Å². The third kappa shape index (κ3) is 4.87. The molecule has 33 heavy (non-hydrogen) atoms. The fourth-order valence-corrected chi connectivity index (χ4v) is 4.70. The number of fused-ring (bicyclic) bond motifs is 1. The normalized spacial score (nSPS) is 15.2. The smallest absolute Gasteiger partial charge is 0.188 e. The van der Waals surface area contributed by atoms with Crippen LogP contribution in [0.15, 0.2) is 73.3 Å². The first-order valence-corrected chi connectivity index (χ1v) is 11.5. The molecule has 4 heterocycles. The second-order valence-electron chi connectivity index (χ2n) is 8.82. The molecule has 1 aliphatic rings. The molecule has 1 aromatic carbocycles. The number of ketones is 1. The first kappa shape index (κ1) is 21.5. The van der Waals surface area contributed by atoms with E-state index in [0.29, 0.717) is 18.0 Å². The van der Waals surface area contributed by atoms with E-state index in [1.165, 1.54) is 11.1 Å². The Morgan fingerprint density at radius 2 is 1.82 bits per heavy atom. The number of likely N-dealkylation sites (tertiary alicyclic amines) is 1. The maximum atomic E-state index is 11.6. The molecule has 5 rings (SSSR count). The molecule has 3 aromatic heterocycles. The average molecular weight is 441 g/mol. The van der Waals surface area contributed by atoms with Crippen molar-refractivity contribution in [1.29, 1.82) is 0 Å². The van der Waals surface area contributed by atoms with Crippen molar-refractivity contribution in [2.45, 2.75) is 31.8 Å². The van der Waals surface area contributed by atoms with Gasteiger partial charge in [0.2, 0.25) is 0 Å². The van der Waals surface area contributed by atoms with Crippen LogP contribution in [0.4, 0.5) is 0 Å². The Bertz CT molecular complexity index is 1230. The number of rotatable bonds is 7. The van der Waals surface area contributed by atoms with Crippen molar-refractivity contribution in [2.24, 2.45) is 0 Å². The molecule has 0 unspecified atom stereocenters. The van der Waals surface area contributed by atoms with Crippen LogP contribution >= 0.6 is 0 Å². The molecule has 0 radical (unpaired) electrons. The zero-order valence-electron chi connectivity index (χ0n) is 18.6. The highest BCUT2D eigenvalue weighted by atomic mass is 16.3. The number of Topliss-reactive ketones (excluding diaryl/α,β-unsaturated/α-hetero) is 1. The van der Waals surface area contributed by atoms with Gasteiger partial charge >= 0.3 is 0 Å². The summed E-state index contributed by atoms with van der Waals surface area (Å²) in [4.78, 5) is 23.2. The van der Waals surface area contributed by atoms with Crippen LogP contribution in [0.1, 0.15) is 45.8 Å². The third-order valence-electron chi connectivity index (χ3n) is 6.58. The maximum Gasteiger partial charge on any atom is 0.188 e. The minimum atomic E-state index is -0.461. The number of pyridine rings is 2. The van der Waals surface area contributed by atoms with Crippen LogP contribution in [0.2, 0.25) is 0 Å². The molecule has 0 bridgehead atoms. The zero-order valence-corrected chi connectivity index (χ0v) is 18.6. The van der Waals surface area contributed by atoms with E-state index in [-0.39, 0.29) is 5.78 Å². The molecule has 0 atom stereocenters. The lowest BCUT2D eigenvalue weighted by Crippen LogP contribution is -2.32. The summed E-state index contributed by atoms with van der Waals surface area (Å²) in [5, 5.41) is 10.2. The molecule has 0 saturated carbocycles. The lowest BCUT2D eigenvalue weighted by atomic mass is 9.90. The van der Waals surface area contributed by atoms with Gasteiger partial charge in [0.15, 0.2) is 5.78 Å². The molecular weight excluding hydrogens is 412 g/mol. The van der Waals surface area contributed by atoms with Crippen molar-refractivity contribution in [3.05, 3.63) is 95.6 Å². The van der Waals surface area contributed by atoms with Crippen molar-refractivity contribution < 1.29 is 9.90 Å². The molecule has 6 heteroatoms. The summed E-state index contributed by atoms with van der Waals surface area (Å²) < 4.78 is 2.14. The summed E-state index contributed by atoms with van der Waals surface area (Å²) in [5.74, 6) is 0.289. The van der Waals surface area contributed by atoms with Gasteiger partial charge in [0.25, 0.3) is 0 Å². The highest BCUT2D eigenvalue weighted by molar-refractivity contribution is 5.96. The first-order chi connectivity index (χ1) is 16.2. The Labute approximate surface area is 193 Å². The second-order valence-corrected chi connectivity index (χ2v) is 8.82. The number of benzene rings is 1. The predicted molar refractivity (Wildman–Crippen MR) is 128 cm³/mol. The van der Waals surface area contributed by atoms with E-state index in [9.17, 15) is 4.79 Å². The number of piperidine rings is 1. The van der Waals surface area contributed by atoms with Crippen molar-refractivity contribution in [2.75, 3.05) is 19.7 Å². The summed E-state index contributed by atoms with van der Waals surface area (Å²) >= 11 is 0. The van der Waals surface area contributed by atoms with Crippen LogP contribution in [0, 0.1) is 0 Å². The molecule has 4 aromatic rings. The standard InChI is InChI=1S/C27H28N4O2/c32-19-26(33)23-5-3-20(4-6-23)18-31-13-9-24-14-25(16-29-27(24)31)22-7-11-30(12-8-22)17-21-2-1-10-28-15-21/h1-6,9-10,13-16,22,32H,7-8,11-12,17-19H2. The second kappa shape index (κ2) is 9.65. The van der Waals surface area contributed by atoms with Gasteiger partial charge in [0.05, 0.1) is 0 Å². The van der Waals surface area contributed by atoms with Crippen LogP contribution in [0.5, 0.6) is 0 Å². The molecule has 6 nitrogen and oxygen atoms in total. The monoisotopic (exact) mass is 440 g/mol. The SMILES string of the molecule is O=C(CO)c1ccc(Cn2ccc3cc(C4CCN(Cc5cccnc5)CC4)cnc32)cc1. The van der Waals surface area contributed by atoms with E-state index in [1.54, 1.807) is 12.1 Å². The molecule has 0 amide bonds. The van der Waals surface area contributed by atoms with Crippen LogP contribution in [0.3, 0.4) is 0 Å². The van der Waals surface area contributed by atoms with E-state index in [0.717, 1.165) is 49.1 Å². The van der Waals surface area contributed by atoms with E-state index in [1.807, 2.05) is 36.8 Å². The predicted octanol–water partition coefficient (Wildman–Crippen LogP) is 4.03. The molecule has 1 N–H and O–H groups in total. The highest BCUT2D eigenvalue weighted by Crippen LogP contribution is 2.30. The third-order valence-corrected chi connectivity index (χ3v) is 6.58. The maximum absolute atomic E-state index is 11.6. The van der Waals surface area contributed by atoms with Gasteiger partial charge in [-0.15, -0.1) is 0 Å².